The smallest absolute Gasteiger partial charge is 0.0782 e. The lowest BCUT2D eigenvalue weighted by Crippen LogP contribution is -2.06. The van der Waals surface area contributed by atoms with E-state index in [-0.39, 0.29) is 0 Å². The van der Waals surface area contributed by atoms with Crippen LogP contribution in [-0.4, -0.2) is 4.68 Å². The lowest BCUT2D eigenvalue weighted by molar-refractivity contribution is 1.13. The van der Waals surface area contributed by atoms with Gasteiger partial charge in [0.25, 0.3) is 0 Å². The first-order chi connectivity index (χ1) is 10.8. The Balaban J connectivity index is 2.11. The molecular weight excluding hydrogens is 268 g/mol. The molecule has 0 bridgehead atoms. The average molecular weight is 282 g/mol. The Bertz CT molecular complexity index is 1180. The van der Waals surface area contributed by atoms with Crippen LogP contribution in [-0.2, 0) is 0 Å². The van der Waals surface area contributed by atoms with E-state index in [9.17, 15) is 0 Å². The van der Waals surface area contributed by atoms with Gasteiger partial charge in [-0.2, -0.15) is 0 Å². The predicted molar refractivity (Wildman–Crippen MR) is 94.6 cm³/mol. The Morgan fingerprint density at radius 3 is 2.09 bits per heavy atom. The number of hydrogen-bond donors (Lipinski definition) is 1. The van der Waals surface area contributed by atoms with Crippen molar-refractivity contribution in [3.8, 4) is 0 Å². The maximum atomic E-state index is 6.40. The maximum Gasteiger partial charge on any atom is 0.0782 e. The molecule has 5 rings (SSSR count). The van der Waals surface area contributed by atoms with Crippen LogP contribution in [0.25, 0.3) is 43.4 Å². The number of rotatable bonds is 0. The average Bonchev–Trinajstić information content (AvgIpc) is 2.88. The van der Waals surface area contributed by atoms with Crippen LogP contribution >= 0.6 is 0 Å². The summed E-state index contributed by atoms with van der Waals surface area (Å²) in [7, 11) is 0. The number of benzene rings is 4. The summed E-state index contributed by atoms with van der Waals surface area (Å²) < 4.78 is 1.82. The summed E-state index contributed by atoms with van der Waals surface area (Å²) in [5, 5.41) is 7.40. The van der Waals surface area contributed by atoms with Crippen LogP contribution in [0.15, 0.2) is 72.8 Å². The quantitative estimate of drug-likeness (QED) is 0.320. The lowest BCUT2D eigenvalue weighted by atomic mass is 10.00. The molecule has 0 unspecified atom stereocenters. The van der Waals surface area contributed by atoms with Crippen LogP contribution in [0.5, 0.6) is 0 Å². The third kappa shape index (κ3) is 1.34. The zero-order chi connectivity index (χ0) is 14.7. The molecular formula is C20H14N2. The Hall–Kier alpha value is -3.00. The molecule has 2 heteroatoms. The first-order valence-corrected chi connectivity index (χ1v) is 7.43. The normalized spacial score (nSPS) is 11.8. The van der Waals surface area contributed by atoms with E-state index in [0.29, 0.717) is 0 Å². The molecule has 104 valence electrons. The van der Waals surface area contributed by atoms with Gasteiger partial charge in [-0.3, -0.25) is 4.68 Å². The van der Waals surface area contributed by atoms with Crippen LogP contribution in [0.4, 0.5) is 0 Å². The van der Waals surface area contributed by atoms with Crippen molar-refractivity contribution in [3.63, 3.8) is 0 Å². The molecule has 0 saturated heterocycles. The topological polar surface area (TPSA) is 30.9 Å². The van der Waals surface area contributed by atoms with Gasteiger partial charge in [0.1, 0.15) is 0 Å². The second-order valence-corrected chi connectivity index (χ2v) is 5.73. The van der Waals surface area contributed by atoms with E-state index >= 15 is 0 Å². The summed E-state index contributed by atoms with van der Waals surface area (Å²) in [6.45, 7) is 0. The van der Waals surface area contributed by atoms with Crippen molar-refractivity contribution in [1.82, 2.24) is 4.68 Å². The molecule has 0 amide bonds. The summed E-state index contributed by atoms with van der Waals surface area (Å²) in [6, 6.07) is 25.5. The minimum atomic E-state index is 1.07. The van der Waals surface area contributed by atoms with Crippen molar-refractivity contribution in [3.05, 3.63) is 72.8 Å². The van der Waals surface area contributed by atoms with Gasteiger partial charge in [-0.25, -0.2) is 0 Å². The number of hydrogen-bond acceptors (Lipinski definition) is 1. The molecule has 2 nitrogen and oxygen atoms in total. The molecule has 5 aromatic rings. The summed E-state index contributed by atoms with van der Waals surface area (Å²) in [5.74, 6) is 6.40. The van der Waals surface area contributed by atoms with Gasteiger partial charge < -0.3 is 5.84 Å². The Morgan fingerprint density at radius 1 is 0.545 bits per heavy atom. The fourth-order valence-electron chi connectivity index (χ4n) is 3.58. The van der Waals surface area contributed by atoms with Gasteiger partial charge in [-0.15, -0.1) is 0 Å². The molecule has 1 aromatic heterocycles. The van der Waals surface area contributed by atoms with Crippen LogP contribution < -0.4 is 5.84 Å². The highest BCUT2D eigenvalue weighted by Gasteiger charge is 2.12. The number of fused-ring (bicyclic) bond motifs is 7. The second-order valence-electron chi connectivity index (χ2n) is 5.73. The molecule has 0 spiro atoms. The van der Waals surface area contributed by atoms with Crippen LogP contribution in [0.2, 0.25) is 0 Å². The van der Waals surface area contributed by atoms with Gasteiger partial charge in [-0.05, 0) is 22.2 Å². The minimum Gasteiger partial charge on any atom is -0.339 e. The van der Waals surface area contributed by atoms with Crippen molar-refractivity contribution < 1.29 is 0 Å². The lowest BCUT2D eigenvalue weighted by Gasteiger charge is -2.07. The molecule has 0 aliphatic rings. The SMILES string of the molecule is Nn1c2ccccc2c2ccc3c4ccccc4ccc3c21. The molecule has 4 aromatic carbocycles. The number of nitrogens with zero attached hydrogens (tertiary/aromatic N) is 1. The monoisotopic (exact) mass is 282 g/mol. The number of nitrogen functional groups attached to an aromatic ring is 1. The zero-order valence-electron chi connectivity index (χ0n) is 12.0. The van der Waals surface area contributed by atoms with E-state index in [4.69, 9.17) is 5.84 Å². The Labute approximate surface area is 127 Å². The summed E-state index contributed by atoms with van der Waals surface area (Å²) in [4.78, 5) is 0. The standard InChI is InChI=1S/C20H14N2/c21-22-19-8-4-3-7-16(19)18-12-11-15-14-6-2-1-5-13(14)9-10-17(15)20(18)22/h1-12H,21H2. The highest BCUT2D eigenvalue weighted by molar-refractivity contribution is 6.22. The third-order valence-corrected chi connectivity index (χ3v) is 4.59. The molecule has 0 saturated carbocycles. The van der Waals surface area contributed by atoms with E-state index < -0.39 is 0 Å². The van der Waals surface area contributed by atoms with Crippen molar-refractivity contribution in [2.45, 2.75) is 0 Å². The molecule has 2 N–H and O–H groups in total. The van der Waals surface area contributed by atoms with Gasteiger partial charge >= 0.3 is 0 Å². The van der Waals surface area contributed by atoms with Gasteiger partial charge in [0, 0.05) is 16.2 Å². The van der Waals surface area contributed by atoms with E-state index in [0.717, 1.165) is 11.0 Å². The molecule has 22 heavy (non-hydrogen) atoms. The van der Waals surface area contributed by atoms with Gasteiger partial charge in [0.05, 0.1) is 11.0 Å². The summed E-state index contributed by atoms with van der Waals surface area (Å²) in [5.41, 5.74) is 2.17. The fraction of sp³-hybridized carbons (Fsp3) is 0. The largest absolute Gasteiger partial charge is 0.339 e. The predicted octanol–water partition coefficient (Wildman–Crippen LogP) is 4.81. The second kappa shape index (κ2) is 4.01. The molecule has 0 radical (unpaired) electrons. The van der Waals surface area contributed by atoms with Crippen molar-refractivity contribution >= 4 is 43.4 Å². The molecule has 0 aliphatic heterocycles. The van der Waals surface area contributed by atoms with Crippen LogP contribution in [0.1, 0.15) is 0 Å². The zero-order valence-corrected chi connectivity index (χ0v) is 12.0. The van der Waals surface area contributed by atoms with E-state index in [2.05, 4.69) is 66.7 Å². The summed E-state index contributed by atoms with van der Waals surface area (Å²) in [6.07, 6.45) is 0. The maximum absolute atomic E-state index is 6.40. The number of nitrogens with two attached hydrogens (primary N) is 1. The fourth-order valence-corrected chi connectivity index (χ4v) is 3.58. The molecule has 0 aliphatic carbocycles. The highest BCUT2D eigenvalue weighted by atomic mass is 15.3. The van der Waals surface area contributed by atoms with Crippen molar-refractivity contribution in [2.75, 3.05) is 5.84 Å². The third-order valence-electron chi connectivity index (χ3n) is 4.59. The highest BCUT2D eigenvalue weighted by Crippen LogP contribution is 2.35. The van der Waals surface area contributed by atoms with E-state index in [1.54, 1.807) is 0 Å². The van der Waals surface area contributed by atoms with Crippen LogP contribution in [0.3, 0.4) is 0 Å². The summed E-state index contributed by atoms with van der Waals surface area (Å²) >= 11 is 0. The van der Waals surface area contributed by atoms with Gasteiger partial charge in [0.2, 0.25) is 0 Å². The Kier molecular flexibility index (Phi) is 2.12. The molecule has 0 atom stereocenters. The van der Waals surface area contributed by atoms with E-state index in [1.165, 1.54) is 32.3 Å². The minimum absolute atomic E-state index is 1.07. The number of aromatic nitrogens is 1. The van der Waals surface area contributed by atoms with Crippen molar-refractivity contribution in [2.24, 2.45) is 0 Å². The van der Waals surface area contributed by atoms with Crippen molar-refractivity contribution in [1.29, 1.82) is 0 Å². The van der Waals surface area contributed by atoms with E-state index in [1.807, 2.05) is 10.7 Å². The van der Waals surface area contributed by atoms with Gasteiger partial charge in [-0.1, -0.05) is 66.7 Å². The Morgan fingerprint density at radius 2 is 1.18 bits per heavy atom. The first kappa shape index (κ1) is 11.6. The van der Waals surface area contributed by atoms with Gasteiger partial charge in [0.15, 0.2) is 0 Å². The first-order valence-electron chi connectivity index (χ1n) is 7.43. The number of para-hydroxylation sites is 1. The molecule has 1 heterocycles. The van der Waals surface area contributed by atoms with Crippen LogP contribution in [0, 0.1) is 0 Å². The molecule has 0 fully saturated rings.